The monoisotopic (exact) mass is 1120 g/mol. The topological polar surface area (TPSA) is 128 Å². The highest BCUT2D eigenvalue weighted by Gasteiger charge is 2.28. The number of anilines is 2. The minimum Gasteiger partial charge on any atom is -0.383 e. The molecule has 16 heteroatoms. The van der Waals surface area contributed by atoms with Crippen LogP contribution in [-0.2, 0) is 27.9 Å². The third-order valence-corrected chi connectivity index (χ3v) is 15.1. The second-order valence-electron chi connectivity index (χ2n) is 20.1. The molecule has 72 heavy (non-hydrogen) atoms. The van der Waals surface area contributed by atoms with E-state index in [1.807, 2.05) is 6.20 Å². The minimum atomic E-state index is -0.517. The fourth-order valence-corrected chi connectivity index (χ4v) is 10.6. The van der Waals surface area contributed by atoms with Crippen LogP contribution < -0.4 is 15.5 Å². The zero-order valence-electron chi connectivity index (χ0n) is 43.5. The van der Waals surface area contributed by atoms with E-state index in [0.29, 0.717) is 30.3 Å². The van der Waals surface area contributed by atoms with Gasteiger partial charge in [0.15, 0.2) is 0 Å². The summed E-state index contributed by atoms with van der Waals surface area (Å²) < 4.78 is 21.0. The number of imide groups is 1. The molecule has 2 aromatic carbocycles. The standard InChI is InChI=1S/C44H60N6O2.C11H12FN3O2.CH4IP/c1-32-9-10-38(27-42(32)46(3)33(2)31-52-5)40-15-20-45-43-41(40)28-39(47(43)4)30-49-23-18-36(19-24-49)35-11-13-37(14-12-35)44(51)50-25-16-34(17-26-50)29-48-21-7-6-8-22-48;1-6-8(12)4-7(5-13-6)14-9-2-3-10(16)15-11(9)17;1-3-2/h9-15,20,27-28,33-34,36H,6-8,16-19,21-26,29-31H2,1-5H3;4-5,9,14H,2-3H2,1H3,(H,15,16,17);3H,1H3. The Morgan fingerprint density at radius 3 is 2.31 bits per heavy atom. The number of likely N-dealkylation sites (tertiary alicyclic amines) is 3. The van der Waals surface area contributed by atoms with E-state index in [2.05, 4.69) is 151 Å². The lowest BCUT2D eigenvalue weighted by Gasteiger charge is -2.36. The maximum absolute atomic E-state index is 13.4. The second-order valence-corrected chi connectivity index (χ2v) is 23.7. The van der Waals surface area contributed by atoms with Crippen LogP contribution in [0.15, 0.2) is 73.1 Å². The first-order chi connectivity index (χ1) is 34.8. The molecule has 2 N–H and O–H groups in total. The molecule has 388 valence electrons. The quantitative estimate of drug-likeness (QED) is 0.0668. The average molecular weight is 1120 g/mol. The number of hydrogen-bond donors (Lipinski definition) is 2. The first kappa shape index (κ1) is 55.2. The van der Waals surface area contributed by atoms with Crippen molar-refractivity contribution in [1.29, 1.82) is 0 Å². The van der Waals surface area contributed by atoms with Gasteiger partial charge in [-0.05, 0) is 163 Å². The fourth-order valence-electron chi connectivity index (χ4n) is 10.6. The van der Waals surface area contributed by atoms with Crippen molar-refractivity contribution in [2.45, 2.75) is 103 Å². The molecule has 3 unspecified atom stereocenters. The molecule has 4 aliphatic heterocycles. The number of nitrogens with zero attached hydrogens (tertiary/aromatic N) is 7. The smallest absolute Gasteiger partial charge is 0.253 e. The van der Waals surface area contributed by atoms with Crippen molar-refractivity contribution in [1.82, 2.24) is 34.6 Å². The maximum atomic E-state index is 13.4. The lowest BCUT2D eigenvalue weighted by molar-refractivity contribution is -0.133. The summed E-state index contributed by atoms with van der Waals surface area (Å²) in [6, 6.07) is 20.9. The van der Waals surface area contributed by atoms with Crippen molar-refractivity contribution < 1.29 is 23.5 Å². The Morgan fingerprint density at radius 2 is 1.64 bits per heavy atom. The number of piperidine rings is 4. The van der Waals surface area contributed by atoms with E-state index < -0.39 is 11.9 Å². The predicted molar refractivity (Wildman–Crippen MR) is 300 cm³/mol. The fraction of sp³-hybridized carbons (Fsp3) is 0.518. The Bertz CT molecular complexity index is 2590. The summed E-state index contributed by atoms with van der Waals surface area (Å²) in [6.45, 7) is 17.3. The molecule has 13 nitrogen and oxygen atoms in total. The van der Waals surface area contributed by atoms with Gasteiger partial charge in [0.2, 0.25) is 11.8 Å². The Kier molecular flexibility index (Phi) is 20.4. The number of benzene rings is 2. The van der Waals surface area contributed by atoms with E-state index in [0.717, 1.165) is 81.8 Å². The van der Waals surface area contributed by atoms with Gasteiger partial charge < -0.3 is 29.3 Å². The molecule has 0 bridgehead atoms. The Hall–Kier alpha value is -4.54. The van der Waals surface area contributed by atoms with Gasteiger partial charge in [-0.25, -0.2) is 9.37 Å². The molecule has 7 heterocycles. The number of carbonyl (C=O) groups is 3. The molecule has 3 amide bonds. The molecule has 0 saturated carbocycles. The number of rotatable bonds is 13. The van der Waals surface area contributed by atoms with Crippen molar-refractivity contribution >= 4 is 68.4 Å². The SMILES string of the molecule is COCC(C)N(C)c1cc(-c2ccnc3c2cc(CN2CCC(c4ccc(C(=O)N5CCC(CN6CCCCC6)CC5)cc4)CC2)n3C)ccc1C.CPI.Cc1ncc(NC2CCC(=O)NC2=O)cc1F. The van der Waals surface area contributed by atoms with Gasteiger partial charge in [0.05, 0.1) is 24.2 Å². The molecule has 4 aliphatic rings. The Morgan fingerprint density at radius 1 is 0.931 bits per heavy atom. The van der Waals surface area contributed by atoms with Gasteiger partial charge in [-0.1, -0.05) is 59.0 Å². The highest BCUT2D eigenvalue weighted by atomic mass is 127. The number of nitrogens with one attached hydrogen (secondary N) is 2. The Balaban J connectivity index is 0.000000317. The van der Waals surface area contributed by atoms with Gasteiger partial charge in [-0.2, -0.15) is 0 Å². The van der Waals surface area contributed by atoms with Crippen LogP contribution in [0, 0.1) is 25.6 Å². The zero-order valence-corrected chi connectivity index (χ0v) is 46.6. The van der Waals surface area contributed by atoms with Crippen LogP contribution in [0.3, 0.4) is 0 Å². The number of aromatic nitrogens is 3. The number of pyridine rings is 2. The highest BCUT2D eigenvalue weighted by Crippen LogP contribution is 2.35. The van der Waals surface area contributed by atoms with Gasteiger partial charge in [-0.15, -0.1) is 0 Å². The van der Waals surface area contributed by atoms with Crippen molar-refractivity contribution in [3.05, 3.63) is 107 Å². The normalized spacial score (nSPS) is 18.8. The summed E-state index contributed by atoms with van der Waals surface area (Å²) in [7, 11) is 6.07. The van der Waals surface area contributed by atoms with Crippen LogP contribution in [0.4, 0.5) is 15.8 Å². The minimum absolute atomic E-state index is 0.206. The van der Waals surface area contributed by atoms with E-state index in [9.17, 15) is 18.8 Å². The largest absolute Gasteiger partial charge is 0.383 e. The van der Waals surface area contributed by atoms with Crippen LogP contribution in [-0.4, -0.2) is 132 Å². The van der Waals surface area contributed by atoms with Gasteiger partial charge in [0, 0.05) is 94.4 Å². The number of fused-ring (bicyclic) bond motifs is 1. The number of hydrogen-bond acceptors (Lipinski definition) is 10. The lowest BCUT2D eigenvalue weighted by Crippen LogP contribution is -2.47. The van der Waals surface area contributed by atoms with Gasteiger partial charge >= 0.3 is 0 Å². The van der Waals surface area contributed by atoms with Crippen LogP contribution >= 0.6 is 28.3 Å². The number of halogens is 2. The number of carbonyl (C=O) groups excluding carboxylic acids is 3. The van der Waals surface area contributed by atoms with Gasteiger partial charge in [0.25, 0.3) is 5.91 Å². The van der Waals surface area contributed by atoms with Crippen molar-refractivity contribution in [3.8, 4) is 11.1 Å². The van der Waals surface area contributed by atoms with E-state index in [1.54, 1.807) is 14.0 Å². The van der Waals surface area contributed by atoms with E-state index in [-0.39, 0.29) is 30.2 Å². The molecular weight excluding hydrogens is 1040 g/mol. The number of amides is 3. The third kappa shape index (κ3) is 14.4. The number of ether oxygens (including phenoxy) is 1. The summed E-state index contributed by atoms with van der Waals surface area (Å²) in [4.78, 5) is 54.1. The number of methoxy groups -OCH3 is 1. The van der Waals surface area contributed by atoms with E-state index in [4.69, 9.17) is 9.72 Å². The molecule has 0 aliphatic carbocycles. The molecule has 3 atom stereocenters. The maximum Gasteiger partial charge on any atom is 0.253 e. The summed E-state index contributed by atoms with van der Waals surface area (Å²) in [6.07, 6.45) is 13.8. The molecule has 3 aromatic heterocycles. The first-order valence-corrected chi connectivity index (χ1v) is 30.5. The lowest BCUT2D eigenvalue weighted by atomic mass is 9.88. The molecule has 0 radical (unpaired) electrons. The van der Waals surface area contributed by atoms with Crippen molar-refractivity contribution in [2.24, 2.45) is 13.0 Å². The zero-order chi connectivity index (χ0) is 51.3. The first-order valence-electron chi connectivity index (χ1n) is 25.9. The van der Waals surface area contributed by atoms with Gasteiger partial charge in [-0.3, -0.25) is 29.6 Å². The summed E-state index contributed by atoms with van der Waals surface area (Å²) in [5.41, 5.74) is 10.2. The Labute approximate surface area is 441 Å². The molecule has 5 aromatic rings. The molecule has 4 saturated heterocycles. The van der Waals surface area contributed by atoms with Crippen LogP contribution in [0.25, 0.3) is 22.2 Å². The molecular formula is C56H76FIN9O4P. The summed E-state index contributed by atoms with van der Waals surface area (Å²) in [5.74, 6) is 0.385. The summed E-state index contributed by atoms with van der Waals surface area (Å²) >= 11 is 2.32. The predicted octanol–water partition coefficient (Wildman–Crippen LogP) is 10.1. The van der Waals surface area contributed by atoms with Crippen LogP contribution in [0.2, 0.25) is 0 Å². The highest BCUT2D eigenvalue weighted by molar-refractivity contribution is 14.2. The molecule has 4 fully saturated rings. The second kappa shape index (κ2) is 26.6. The van der Waals surface area contributed by atoms with E-state index >= 15 is 0 Å². The third-order valence-electron chi connectivity index (χ3n) is 15.1. The van der Waals surface area contributed by atoms with Crippen LogP contribution in [0.5, 0.6) is 0 Å². The summed E-state index contributed by atoms with van der Waals surface area (Å²) in [5, 5.41) is 6.28. The number of aryl methyl sites for hydroxylation is 3. The average Bonchev–Trinajstić information content (AvgIpc) is 3.71. The molecule has 0 spiro atoms. The van der Waals surface area contributed by atoms with E-state index in [1.165, 1.54) is 90.2 Å². The van der Waals surface area contributed by atoms with Crippen molar-refractivity contribution in [3.63, 3.8) is 0 Å². The number of likely N-dealkylation sites (N-methyl/N-ethyl adjacent to an activating group) is 1. The van der Waals surface area contributed by atoms with Crippen molar-refractivity contribution in [2.75, 3.05) is 83.5 Å². The molecule has 9 rings (SSSR count). The van der Waals surface area contributed by atoms with Crippen LogP contribution in [0.1, 0.15) is 104 Å². The van der Waals surface area contributed by atoms with Gasteiger partial charge in [0.1, 0.15) is 17.5 Å².